The fourth-order valence-corrected chi connectivity index (χ4v) is 3.01. The standard InChI is InChI=1S/C18H21N3O4/c1-13-11-14(21(23)24)5-7-16(13)19-18(22)17-8-6-15(25-17)12-20-9-3-2-4-10-20/h5-8,11H,2-4,9-10,12H2,1H3,(H,19,22). The number of nitrogens with zero attached hydrogens (tertiary/aromatic N) is 2. The van der Waals surface area contributed by atoms with Gasteiger partial charge in [0.2, 0.25) is 0 Å². The lowest BCUT2D eigenvalue weighted by molar-refractivity contribution is -0.384. The number of nitrogens with one attached hydrogen (secondary N) is 1. The number of nitro groups is 1. The molecule has 1 N–H and O–H groups in total. The second-order valence-corrected chi connectivity index (χ2v) is 6.31. The van der Waals surface area contributed by atoms with Crippen LogP contribution in [-0.4, -0.2) is 28.8 Å². The Kier molecular flexibility index (Phi) is 5.14. The van der Waals surface area contributed by atoms with Crippen LogP contribution in [0, 0.1) is 17.0 Å². The topological polar surface area (TPSA) is 88.6 Å². The highest BCUT2D eigenvalue weighted by molar-refractivity contribution is 6.02. The Morgan fingerprint density at radius 3 is 2.68 bits per heavy atom. The summed E-state index contributed by atoms with van der Waals surface area (Å²) < 4.78 is 5.66. The number of anilines is 1. The molecule has 0 aliphatic carbocycles. The molecule has 1 saturated heterocycles. The first kappa shape index (κ1) is 17.2. The third kappa shape index (κ3) is 4.24. The molecule has 2 heterocycles. The molecule has 3 rings (SSSR count). The van der Waals surface area contributed by atoms with Gasteiger partial charge in [-0.3, -0.25) is 19.8 Å². The van der Waals surface area contributed by atoms with Gasteiger partial charge in [0.25, 0.3) is 11.6 Å². The van der Waals surface area contributed by atoms with E-state index in [-0.39, 0.29) is 17.4 Å². The molecule has 1 fully saturated rings. The molecular weight excluding hydrogens is 322 g/mol. The summed E-state index contributed by atoms with van der Waals surface area (Å²) in [5.41, 5.74) is 1.16. The zero-order valence-corrected chi connectivity index (χ0v) is 14.2. The number of benzene rings is 1. The zero-order valence-electron chi connectivity index (χ0n) is 14.2. The molecular formula is C18H21N3O4. The van der Waals surface area contributed by atoms with Crippen molar-refractivity contribution in [3.05, 3.63) is 57.5 Å². The molecule has 1 amide bonds. The first-order valence-electron chi connectivity index (χ1n) is 8.40. The predicted octanol–water partition coefficient (Wildman–Crippen LogP) is 3.73. The number of carbonyl (C=O) groups is 1. The molecule has 1 aliphatic rings. The summed E-state index contributed by atoms with van der Waals surface area (Å²) >= 11 is 0. The van der Waals surface area contributed by atoms with Gasteiger partial charge in [-0.05, 0) is 56.6 Å². The molecule has 0 atom stereocenters. The SMILES string of the molecule is Cc1cc([N+](=O)[O-])ccc1NC(=O)c1ccc(CN2CCCCC2)o1. The average molecular weight is 343 g/mol. The zero-order chi connectivity index (χ0) is 17.8. The first-order valence-corrected chi connectivity index (χ1v) is 8.40. The Bertz CT molecular complexity index is 778. The van der Waals surface area contributed by atoms with Crippen LogP contribution in [0.25, 0.3) is 0 Å². The van der Waals surface area contributed by atoms with Gasteiger partial charge in [0.1, 0.15) is 5.76 Å². The van der Waals surface area contributed by atoms with E-state index in [1.165, 1.54) is 37.5 Å². The molecule has 0 saturated carbocycles. The molecule has 7 nitrogen and oxygen atoms in total. The molecule has 1 aliphatic heterocycles. The second-order valence-electron chi connectivity index (χ2n) is 6.31. The quantitative estimate of drug-likeness (QED) is 0.660. The summed E-state index contributed by atoms with van der Waals surface area (Å²) in [7, 11) is 0. The van der Waals surface area contributed by atoms with Crippen LogP contribution in [0.5, 0.6) is 0 Å². The van der Waals surface area contributed by atoms with Crippen molar-refractivity contribution in [1.82, 2.24) is 4.90 Å². The number of nitro benzene ring substituents is 1. The summed E-state index contributed by atoms with van der Waals surface area (Å²) in [6.07, 6.45) is 3.68. The Hall–Kier alpha value is -2.67. The van der Waals surface area contributed by atoms with Crippen molar-refractivity contribution in [3.8, 4) is 0 Å². The third-order valence-corrected chi connectivity index (χ3v) is 4.38. The molecule has 0 bridgehead atoms. The molecule has 0 radical (unpaired) electrons. The first-order chi connectivity index (χ1) is 12.0. The monoisotopic (exact) mass is 343 g/mol. The third-order valence-electron chi connectivity index (χ3n) is 4.38. The normalized spacial score (nSPS) is 15.1. The molecule has 1 aromatic carbocycles. The summed E-state index contributed by atoms with van der Waals surface area (Å²) in [6, 6.07) is 7.82. The van der Waals surface area contributed by atoms with Crippen LogP contribution in [0.2, 0.25) is 0 Å². The average Bonchev–Trinajstić information content (AvgIpc) is 3.06. The highest BCUT2D eigenvalue weighted by atomic mass is 16.6. The summed E-state index contributed by atoms with van der Waals surface area (Å²) in [6.45, 7) is 4.55. The number of amides is 1. The molecule has 0 unspecified atom stereocenters. The minimum absolute atomic E-state index is 0.00249. The second kappa shape index (κ2) is 7.48. The van der Waals surface area contributed by atoms with Crippen LogP contribution in [0.1, 0.15) is 41.1 Å². The van der Waals surface area contributed by atoms with E-state index in [1.54, 1.807) is 13.0 Å². The van der Waals surface area contributed by atoms with Gasteiger partial charge in [0.15, 0.2) is 5.76 Å². The molecule has 2 aromatic rings. The Labute approximate surface area is 145 Å². The summed E-state index contributed by atoms with van der Waals surface area (Å²) in [4.78, 5) is 25.0. The minimum Gasteiger partial charge on any atom is -0.455 e. The van der Waals surface area contributed by atoms with E-state index in [1.807, 2.05) is 6.07 Å². The van der Waals surface area contributed by atoms with Crippen molar-refractivity contribution in [1.29, 1.82) is 0 Å². The van der Waals surface area contributed by atoms with Gasteiger partial charge in [-0.25, -0.2) is 0 Å². The van der Waals surface area contributed by atoms with Gasteiger partial charge < -0.3 is 9.73 Å². The number of aryl methyl sites for hydroxylation is 1. The lowest BCUT2D eigenvalue weighted by atomic mass is 10.1. The number of piperidine rings is 1. The predicted molar refractivity (Wildman–Crippen MR) is 93.6 cm³/mol. The van der Waals surface area contributed by atoms with Crippen molar-refractivity contribution in [2.45, 2.75) is 32.7 Å². The Morgan fingerprint density at radius 2 is 2.00 bits per heavy atom. The largest absolute Gasteiger partial charge is 0.455 e. The van der Waals surface area contributed by atoms with Crippen LogP contribution in [0.3, 0.4) is 0 Å². The van der Waals surface area contributed by atoms with Crippen LogP contribution >= 0.6 is 0 Å². The van der Waals surface area contributed by atoms with Crippen molar-refractivity contribution in [2.24, 2.45) is 0 Å². The fourth-order valence-electron chi connectivity index (χ4n) is 3.01. The van der Waals surface area contributed by atoms with Crippen molar-refractivity contribution >= 4 is 17.3 Å². The smallest absolute Gasteiger partial charge is 0.291 e. The van der Waals surface area contributed by atoms with Crippen LogP contribution in [0.15, 0.2) is 34.7 Å². The number of hydrogen-bond acceptors (Lipinski definition) is 5. The molecule has 25 heavy (non-hydrogen) atoms. The van der Waals surface area contributed by atoms with Gasteiger partial charge in [0, 0.05) is 17.8 Å². The van der Waals surface area contributed by atoms with Crippen LogP contribution in [-0.2, 0) is 6.54 Å². The van der Waals surface area contributed by atoms with Crippen LogP contribution < -0.4 is 5.32 Å². The maximum absolute atomic E-state index is 12.3. The van der Waals surface area contributed by atoms with E-state index in [4.69, 9.17) is 4.42 Å². The van der Waals surface area contributed by atoms with E-state index < -0.39 is 4.92 Å². The number of non-ortho nitro benzene ring substituents is 1. The molecule has 1 aromatic heterocycles. The van der Waals surface area contributed by atoms with E-state index in [0.717, 1.165) is 18.8 Å². The van der Waals surface area contributed by atoms with E-state index in [0.29, 0.717) is 17.8 Å². The van der Waals surface area contributed by atoms with Gasteiger partial charge in [0.05, 0.1) is 11.5 Å². The maximum Gasteiger partial charge on any atom is 0.291 e. The van der Waals surface area contributed by atoms with Crippen molar-refractivity contribution in [3.63, 3.8) is 0 Å². The number of likely N-dealkylation sites (tertiary alicyclic amines) is 1. The van der Waals surface area contributed by atoms with Crippen LogP contribution in [0.4, 0.5) is 11.4 Å². The number of hydrogen-bond donors (Lipinski definition) is 1. The molecule has 7 heteroatoms. The van der Waals surface area contributed by atoms with E-state index in [9.17, 15) is 14.9 Å². The highest BCUT2D eigenvalue weighted by Gasteiger charge is 2.16. The Morgan fingerprint density at radius 1 is 1.24 bits per heavy atom. The fraction of sp³-hybridized carbons (Fsp3) is 0.389. The molecule has 132 valence electrons. The Balaban J connectivity index is 1.64. The number of furan rings is 1. The van der Waals surface area contributed by atoms with E-state index in [2.05, 4.69) is 10.2 Å². The number of carbonyl (C=O) groups excluding carboxylic acids is 1. The maximum atomic E-state index is 12.3. The van der Waals surface area contributed by atoms with Gasteiger partial charge in [-0.1, -0.05) is 6.42 Å². The lowest BCUT2D eigenvalue weighted by Gasteiger charge is -2.25. The summed E-state index contributed by atoms with van der Waals surface area (Å²) in [5.74, 6) is 0.652. The molecule has 0 spiro atoms. The van der Waals surface area contributed by atoms with Crippen molar-refractivity contribution in [2.75, 3.05) is 18.4 Å². The van der Waals surface area contributed by atoms with Gasteiger partial charge in [-0.15, -0.1) is 0 Å². The van der Waals surface area contributed by atoms with Crippen molar-refractivity contribution < 1.29 is 14.1 Å². The van der Waals surface area contributed by atoms with E-state index >= 15 is 0 Å². The number of rotatable bonds is 5. The van der Waals surface area contributed by atoms with Gasteiger partial charge in [-0.2, -0.15) is 0 Å². The highest BCUT2D eigenvalue weighted by Crippen LogP contribution is 2.22. The lowest BCUT2D eigenvalue weighted by Crippen LogP contribution is -2.28. The minimum atomic E-state index is -0.460. The summed E-state index contributed by atoms with van der Waals surface area (Å²) in [5, 5.41) is 13.5. The van der Waals surface area contributed by atoms with Gasteiger partial charge >= 0.3 is 0 Å².